The second-order valence-corrected chi connectivity index (χ2v) is 3.24. The van der Waals surface area contributed by atoms with Crippen LogP contribution in [0, 0.1) is 0 Å². The maximum atomic E-state index is 9.51. The zero-order chi connectivity index (χ0) is 11.1. The van der Waals surface area contributed by atoms with Gasteiger partial charge in [0.25, 0.3) is 0 Å². The Bertz CT molecular complexity index is 308. The molecule has 5 nitrogen and oxygen atoms in total. The third-order valence-corrected chi connectivity index (χ3v) is 1.86. The van der Waals surface area contributed by atoms with Crippen molar-refractivity contribution in [2.45, 2.75) is 6.10 Å². The van der Waals surface area contributed by atoms with Crippen molar-refractivity contribution < 1.29 is 10.1 Å². The van der Waals surface area contributed by atoms with Gasteiger partial charge in [0.2, 0.25) is 0 Å². The quantitative estimate of drug-likeness (QED) is 0.281. The fourth-order valence-electron chi connectivity index (χ4n) is 1.10. The topological polar surface area (TPSA) is 98.3 Å². The van der Waals surface area contributed by atoms with E-state index < -0.39 is 6.10 Å². The Morgan fingerprint density at radius 1 is 1.33 bits per heavy atom. The van der Waals surface area contributed by atoms with Crippen molar-refractivity contribution in [1.82, 2.24) is 0 Å². The van der Waals surface area contributed by atoms with Crippen LogP contribution in [0.3, 0.4) is 0 Å². The van der Waals surface area contributed by atoms with Gasteiger partial charge in [0.15, 0.2) is 0 Å². The normalized spacial score (nSPS) is 11.8. The molecule has 0 fully saturated rings. The third-order valence-electron chi connectivity index (χ3n) is 1.86. The van der Waals surface area contributed by atoms with E-state index in [-0.39, 0.29) is 5.96 Å². The molecule has 0 amide bonds. The molecule has 5 heteroatoms. The summed E-state index contributed by atoms with van der Waals surface area (Å²) in [5.41, 5.74) is 11.4. The van der Waals surface area contributed by atoms with Crippen molar-refractivity contribution >= 4 is 11.6 Å². The summed E-state index contributed by atoms with van der Waals surface area (Å²) < 4.78 is 0. The molecular formula is C10H17N4O+. The Morgan fingerprint density at radius 2 is 2.00 bits per heavy atom. The highest BCUT2D eigenvalue weighted by Crippen LogP contribution is 2.03. The number of nitrogens with one attached hydrogen (secondary N) is 2. The molecule has 0 aliphatic carbocycles. The highest BCUT2D eigenvalue weighted by atomic mass is 16.3. The minimum atomic E-state index is -0.535. The fraction of sp³-hybridized carbons (Fsp3) is 0.300. The fourth-order valence-corrected chi connectivity index (χ4v) is 1.10. The highest BCUT2D eigenvalue weighted by molar-refractivity contribution is 5.69. The number of nitrogens with two attached hydrogens (primary N) is 2. The van der Waals surface area contributed by atoms with Crippen LogP contribution in [-0.2, 0) is 0 Å². The lowest BCUT2D eigenvalue weighted by Crippen LogP contribution is -2.80. The first-order valence-electron chi connectivity index (χ1n) is 4.77. The number of aliphatic hydroxyl groups excluding tert-OH is 1. The maximum absolute atomic E-state index is 9.51. The van der Waals surface area contributed by atoms with Crippen LogP contribution >= 0.6 is 0 Å². The van der Waals surface area contributed by atoms with Crippen molar-refractivity contribution in [2.24, 2.45) is 11.5 Å². The molecule has 0 saturated heterocycles. The van der Waals surface area contributed by atoms with Gasteiger partial charge in [-0.2, -0.15) is 0 Å². The van der Waals surface area contributed by atoms with Gasteiger partial charge in [-0.1, -0.05) is 18.2 Å². The summed E-state index contributed by atoms with van der Waals surface area (Å²) in [4.78, 5) is 2.66. The Labute approximate surface area is 88.8 Å². The van der Waals surface area contributed by atoms with E-state index in [1.807, 2.05) is 30.3 Å². The molecule has 1 aromatic rings. The molecule has 0 aliphatic rings. The van der Waals surface area contributed by atoms with E-state index in [1.165, 1.54) is 0 Å². The van der Waals surface area contributed by atoms with Crippen LogP contribution in [0.5, 0.6) is 0 Å². The van der Waals surface area contributed by atoms with Crippen LogP contribution in [-0.4, -0.2) is 30.3 Å². The molecule has 0 spiro atoms. The van der Waals surface area contributed by atoms with E-state index in [2.05, 4.69) is 10.3 Å². The molecule has 0 unspecified atom stereocenters. The second kappa shape index (κ2) is 5.87. The standard InChI is InChI=1S/C10H16N4O/c11-10(12)14-7-9(15)6-13-8-4-2-1-3-5-8/h1-5,9,13,15H,6-7H2,(H4,11,12,14)/p+1/t9-/m0/s1. The van der Waals surface area contributed by atoms with Crippen molar-refractivity contribution in [3.63, 3.8) is 0 Å². The number of guanidine groups is 1. The van der Waals surface area contributed by atoms with E-state index >= 15 is 0 Å². The highest BCUT2D eigenvalue weighted by Gasteiger charge is 2.03. The summed E-state index contributed by atoms with van der Waals surface area (Å²) in [6, 6.07) is 9.66. The van der Waals surface area contributed by atoms with Gasteiger partial charge in [0, 0.05) is 12.2 Å². The van der Waals surface area contributed by atoms with E-state index in [1.54, 1.807) is 0 Å². The minimum absolute atomic E-state index is 0.119. The minimum Gasteiger partial charge on any atom is -0.388 e. The van der Waals surface area contributed by atoms with Crippen molar-refractivity contribution in [3.05, 3.63) is 30.3 Å². The van der Waals surface area contributed by atoms with Gasteiger partial charge >= 0.3 is 5.96 Å². The van der Waals surface area contributed by atoms with E-state index in [0.717, 1.165) is 5.69 Å². The number of anilines is 1. The molecule has 0 saturated carbocycles. The van der Waals surface area contributed by atoms with Gasteiger partial charge in [0.05, 0.1) is 6.54 Å². The molecule has 1 atom stereocenters. The smallest absolute Gasteiger partial charge is 0.338 e. The van der Waals surface area contributed by atoms with Crippen LogP contribution in [0.25, 0.3) is 0 Å². The lowest BCUT2D eigenvalue weighted by molar-refractivity contribution is -0.470. The first-order chi connectivity index (χ1) is 7.18. The van der Waals surface area contributed by atoms with Crippen LogP contribution in [0.1, 0.15) is 0 Å². The Balaban J connectivity index is 2.28. The molecule has 0 radical (unpaired) electrons. The van der Waals surface area contributed by atoms with Gasteiger partial charge < -0.3 is 10.4 Å². The van der Waals surface area contributed by atoms with Crippen molar-refractivity contribution in [1.29, 1.82) is 0 Å². The molecule has 7 N–H and O–H groups in total. The Hall–Kier alpha value is -1.75. The van der Waals surface area contributed by atoms with Gasteiger partial charge in [-0.25, -0.2) is 0 Å². The molecule has 15 heavy (non-hydrogen) atoms. The van der Waals surface area contributed by atoms with Gasteiger partial charge in [-0.05, 0) is 12.1 Å². The molecule has 0 bridgehead atoms. The van der Waals surface area contributed by atoms with Crippen molar-refractivity contribution in [2.75, 3.05) is 18.4 Å². The van der Waals surface area contributed by atoms with Crippen molar-refractivity contribution in [3.8, 4) is 0 Å². The molecule has 82 valence electrons. The predicted molar refractivity (Wildman–Crippen MR) is 60.2 cm³/mol. The Kier molecular flexibility index (Phi) is 4.43. The van der Waals surface area contributed by atoms with Crippen LogP contribution in [0.15, 0.2) is 30.3 Å². The van der Waals surface area contributed by atoms with Crippen LogP contribution < -0.4 is 21.8 Å². The SMILES string of the molecule is NC(N)=[NH+]C[C@@H](O)CNc1ccccc1. The van der Waals surface area contributed by atoms with Crippen LogP contribution in [0.4, 0.5) is 5.69 Å². The summed E-state index contributed by atoms with van der Waals surface area (Å²) >= 11 is 0. The van der Waals surface area contributed by atoms with Gasteiger partial charge in [0.1, 0.15) is 6.10 Å². The lowest BCUT2D eigenvalue weighted by atomic mass is 10.3. The van der Waals surface area contributed by atoms with E-state index in [4.69, 9.17) is 11.5 Å². The summed E-state index contributed by atoms with van der Waals surface area (Å²) in [5.74, 6) is 0.119. The molecular weight excluding hydrogens is 192 g/mol. The summed E-state index contributed by atoms with van der Waals surface area (Å²) in [5, 5.41) is 12.6. The van der Waals surface area contributed by atoms with E-state index in [9.17, 15) is 5.11 Å². The summed E-state index contributed by atoms with van der Waals surface area (Å²) in [6.07, 6.45) is -0.535. The average molecular weight is 209 g/mol. The second-order valence-electron chi connectivity index (χ2n) is 3.24. The van der Waals surface area contributed by atoms with E-state index in [0.29, 0.717) is 13.1 Å². The molecule has 1 rings (SSSR count). The molecule has 0 aliphatic heterocycles. The van der Waals surface area contributed by atoms with Gasteiger partial charge in [-0.3, -0.25) is 16.5 Å². The largest absolute Gasteiger partial charge is 0.388 e. The predicted octanol–water partition coefficient (Wildman–Crippen LogP) is -2.19. The summed E-state index contributed by atoms with van der Waals surface area (Å²) in [6.45, 7) is 0.784. The van der Waals surface area contributed by atoms with Gasteiger partial charge in [-0.15, -0.1) is 0 Å². The average Bonchev–Trinajstić information content (AvgIpc) is 2.25. The Morgan fingerprint density at radius 3 is 2.60 bits per heavy atom. The molecule has 0 heterocycles. The number of aliphatic hydroxyl groups is 1. The third kappa shape index (κ3) is 4.87. The zero-order valence-corrected chi connectivity index (χ0v) is 8.48. The number of rotatable bonds is 5. The maximum Gasteiger partial charge on any atom is 0.338 e. The number of para-hydroxylation sites is 1. The number of hydrogen-bond acceptors (Lipinski definition) is 2. The first kappa shape index (κ1) is 11.3. The number of hydrogen-bond donors (Lipinski definition) is 5. The lowest BCUT2D eigenvalue weighted by Gasteiger charge is -2.09. The zero-order valence-electron chi connectivity index (χ0n) is 8.48. The first-order valence-corrected chi connectivity index (χ1v) is 4.77. The molecule has 0 aromatic heterocycles. The summed E-state index contributed by atoms with van der Waals surface area (Å²) in [7, 11) is 0. The monoisotopic (exact) mass is 209 g/mol. The number of benzene rings is 1. The van der Waals surface area contributed by atoms with Crippen LogP contribution in [0.2, 0.25) is 0 Å². The molecule has 1 aromatic carbocycles.